The van der Waals surface area contributed by atoms with Crippen LogP contribution in [0.5, 0.6) is 5.88 Å². The number of nitrogens with one attached hydrogen (secondary N) is 2. The quantitative estimate of drug-likeness (QED) is 0.329. The fraction of sp³-hybridized carbons (Fsp3) is 0. The van der Waals surface area contributed by atoms with E-state index in [2.05, 4.69) is 36.5 Å². The molecule has 7 heteroatoms. The van der Waals surface area contributed by atoms with Gasteiger partial charge in [0.05, 0.1) is 16.8 Å². The Morgan fingerprint density at radius 3 is 2.57 bits per heavy atom. The van der Waals surface area contributed by atoms with Crippen LogP contribution < -0.4 is 5.32 Å². The van der Waals surface area contributed by atoms with E-state index in [4.69, 9.17) is 0 Å². The zero-order chi connectivity index (χ0) is 19.5. The van der Waals surface area contributed by atoms with E-state index in [-0.39, 0.29) is 11.6 Å². The van der Waals surface area contributed by atoms with Crippen LogP contribution in [-0.4, -0.2) is 16.0 Å². The van der Waals surface area contributed by atoms with Crippen molar-refractivity contribution in [1.82, 2.24) is 4.98 Å². The summed E-state index contributed by atoms with van der Waals surface area (Å²) in [7, 11) is 0. The van der Waals surface area contributed by atoms with Crippen LogP contribution in [0.4, 0.5) is 17.1 Å². The second kappa shape index (κ2) is 7.66. The molecule has 0 bridgehead atoms. The molecular weight excluding hydrogens is 420 g/mol. The lowest BCUT2D eigenvalue weighted by atomic mass is 10.1. The molecule has 0 radical (unpaired) electrons. The van der Waals surface area contributed by atoms with Gasteiger partial charge in [-0.3, -0.25) is 4.79 Å². The third kappa shape index (κ3) is 3.65. The molecule has 1 heterocycles. The van der Waals surface area contributed by atoms with Gasteiger partial charge in [0.15, 0.2) is 5.69 Å². The molecule has 0 saturated heterocycles. The number of fused-ring (bicyclic) bond motifs is 1. The Bertz CT molecular complexity index is 1190. The van der Waals surface area contributed by atoms with E-state index in [0.717, 1.165) is 10.2 Å². The Hall–Kier alpha value is -3.45. The highest BCUT2D eigenvalue weighted by Crippen LogP contribution is 2.37. The Kier molecular flexibility index (Phi) is 4.90. The minimum absolute atomic E-state index is 0.139. The van der Waals surface area contributed by atoms with Gasteiger partial charge in [0.25, 0.3) is 5.91 Å². The largest absolute Gasteiger partial charge is 0.493 e. The molecular formula is C21H15BrN4O2. The lowest BCUT2D eigenvalue weighted by Crippen LogP contribution is -2.00. The standard InChI is InChI=1S/C21H15BrN4O2/c22-13-10-11-18-16(12-13)19(21(28)24-18)25-26-20(27)15-8-4-5-9-17(15)23-14-6-2-1-3-7-14/h1-12,23-24,28H. The van der Waals surface area contributed by atoms with Crippen molar-refractivity contribution in [2.75, 3.05) is 5.32 Å². The molecule has 1 amide bonds. The fourth-order valence-corrected chi connectivity index (χ4v) is 3.20. The molecule has 0 atom stereocenters. The predicted octanol–water partition coefficient (Wildman–Crippen LogP) is 6.30. The van der Waals surface area contributed by atoms with Crippen LogP contribution in [0.2, 0.25) is 0 Å². The van der Waals surface area contributed by atoms with Gasteiger partial charge in [0, 0.05) is 15.5 Å². The number of H-pyrrole nitrogens is 1. The van der Waals surface area contributed by atoms with Crippen LogP contribution in [0.15, 0.2) is 87.5 Å². The first kappa shape index (κ1) is 17.9. The van der Waals surface area contributed by atoms with Crippen molar-refractivity contribution < 1.29 is 9.90 Å². The number of aromatic nitrogens is 1. The van der Waals surface area contributed by atoms with Gasteiger partial charge in [-0.05, 0) is 42.5 Å². The number of nitrogens with zero attached hydrogens (tertiary/aromatic N) is 2. The number of rotatable bonds is 4. The van der Waals surface area contributed by atoms with Crippen LogP contribution in [-0.2, 0) is 0 Å². The summed E-state index contributed by atoms with van der Waals surface area (Å²) in [5.74, 6) is -0.650. The Balaban J connectivity index is 1.65. The Morgan fingerprint density at radius 1 is 1.00 bits per heavy atom. The van der Waals surface area contributed by atoms with Gasteiger partial charge in [0.2, 0.25) is 5.88 Å². The number of hydrogen-bond acceptors (Lipinski definition) is 4. The van der Waals surface area contributed by atoms with Crippen molar-refractivity contribution >= 4 is 49.8 Å². The summed E-state index contributed by atoms with van der Waals surface area (Å²) >= 11 is 3.39. The lowest BCUT2D eigenvalue weighted by molar-refractivity contribution is 0.0996. The van der Waals surface area contributed by atoms with Crippen molar-refractivity contribution in [2.24, 2.45) is 10.2 Å². The summed E-state index contributed by atoms with van der Waals surface area (Å²) in [6, 6.07) is 22.1. The van der Waals surface area contributed by atoms with Crippen LogP contribution in [0.3, 0.4) is 0 Å². The van der Waals surface area contributed by atoms with Gasteiger partial charge in [-0.25, -0.2) is 0 Å². The van der Waals surface area contributed by atoms with Gasteiger partial charge in [-0.15, -0.1) is 10.2 Å². The Morgan fingerprint density at radius 2 is 1.75 bits per heavy atom. The second-order valence-electron chi connectivity index (χ2n) is 6.05. The summed E-state index contributed by atoms with van der Waals surface area (Å²) in [4.78, 5) is 15.5. The van der Waals surface area contributed by atoms with Gasteiger partial charge >= 0.3 is 0 Å². The zero-order valence-corrected chi connectivity index (χ0v) is 16.1. The molecule has 0 fully saturated rings. The SMILES string of the molecule is O=C(N=Nc1c(O)[nH]c2ccc(Br)cc12)c1ccccc1Nc1ccccc1. The normalized spacial score (nSPS) is 11.2. The number of amides is 1. The van der Waals surface area contributed by atoms with Crippen LogP contribution in [0.25, 0.3) is 10.9 Å². The molecule has 0 saturated carbocycles. The van der Waals surface area contributed by atoms with Crippen molar-refractivity contribution in [3.63, 3.8) is 0 Å². The number of halogens is 1. The van der Waals surface area contributed by atoms with Gasteiger partial charge in [0.1, 0.15) is 0 Å². The predicted molar refractivity (Wildman–Crippen MR) is 113 cm³/mol. The molecule has 28 heavy (non-hydrogen) atoms. The van der Waals surface area contributed by atoms with E-state index in [1.165, 1.54) is 0 Å². The average molecular weight is 435 g/mol. The minimum atomic E-state index is -0.511. The number of azo groups is 1. The summed E-state index contributed by atoms with van der Waals surface area (Å²) in [5.41, 5.74) is 2.80. The van der Waals surface area contributed by atoms with Gasteiger partial charge in [-0.2, -0.15) is 0 Å². The molecule has 0 aliphatic carbocycles. The number of aromatic amines is 1. The van der Waals surface area contributed by atoms with E-state index < -0.39 is 5.91 Å². The summed E-state index contributed by atoms with van der Waals surface area (Å²) in [5, 5.41) is 21.8. The van der Waals surface area contributed by atoms with Crippen LogP contribution in [0.1, 0.15) is 10.4 Å². The minimum Gasteiger partial charge on any atom is -0.493 e. The van der Waals surface area contributed by atoms with Crippen molar-refractivity contribution in [1.29, 1.82) is 0 Å². The maximum absolute atomic E-state index is 12.7. The first-order valence-corrected chi connectivity index (χ1v) is 9.28. The third-order valence-corrected chi connectivity index (χ3v) is 4.66. The number of carbonyl (C=O) groups is 1. The van der Waals surface area contributed by atoms with E-state index in [0.29, 0.717) is 22.2 Å². The monoisotopic (exact) mass is 434 g/mol. The van der Waals surface area contributed by atoms with Gasteiger partial charge in [-0.1, -0.05) is 46.3 Å². The van der Waals surface area contributed by atoms with Crippen molar-refractivity contribution in [3.05, 3.63) is 82.8 Å². The fourth-order valence-electron chi connectivity index (χ4n) is 2.84. The van der Waals surface area contributed by atoms with Gasteiger partial charge < -0.3 is 15.4 Å². The van der Waals surface area contributed by atoms with E-state index in [1.54, 1.807) is 30.3 Å². The molecule has 4 rings (SSSR count). The number of hydrogen-bond donors (Lipinski definition) is 3. The van der Waals surface area contributed by atoms with Crippen molar-refractivity contribution in [2.45, 2.75) is 0 Å². The number of para-hydroxylation sites is 2. The van der Waals surface area contributed by atoms with E-state index in [9.17, 15) is 9.90 Å². The zero-order valence-electron chi connectivity index (χ0n) is 14.6. The smallest absolute Gasteiger partial charge is 0.297 e. The molecule has 138 valence electrons. The topological polar surface area (TPSA) is 89.8 Å². The first-order valence-electron chi connectivity index (χ1n) is 8.49. The molecule has 3 aromatic carbocycles. The highest BCUT2D eigenvalue weighted by molar-refractivity contribution is 9.10. The second-order valence-corrected chi connectivity index (χ2v) is 6.97. The average Bonchev–Trinajstić information content (AvgIpc) is 3.01. The van der Waals surface area contributed by atoms with E-state index >= 15 is 0 Å². The highest BCUT2D eigenvalue weighted by Gasteiger charge is 2.14. The van der Waals surface area contributed by atoms with Crippen LogP contribution >= 0.6 is 15.9 Å². The third-order valence-electron chi connectivity index (χ3n) is 4.17. The molecule has 4 aromatic rings. The molecule has 0 unspecified atom stereocenters. The number of carbonyl (C=O) groups excluding carboxylic acids is 1. The summed E-state index contributed by atoms with van der Waals surface area (Å²) in [6.45, 7) is 0. The lowest BCUT2D eigenvalue weighted by Gasteiger charge is -2.09. The first-order chi connectivity index (χ1) is 13.6. The maximum atomic E-state index is 12.7. The molecule has 3 N–H and O–H groups in total. The van der Waals surface area contributed by atoms with Crippen LogP contribution in [0, 0.1) is 0 Å². The maximum Gasteiger partial charge on any atom is 0.297 e. The summed E-state index contributed by atoms with van der Waals surface area (Å²) < 4.78 is 0.833. The Labute approximate surface area is 169 Å². The molecule has 0 aliphatic rings. The highest BCUT2D eigenvalue weighted by atomic mass is 79.9. The molecule has 0 spiro atoms. The summed E-state index contributed by atoms with van der Waals surface area (Å²) in [6.07, 6.45) is 0. The number of benzene rings is 3. The number of aromatic hydroxyl groups is 1. The molecule has 6 nitrogen and oxygen atoms in total. The molecule has 0 aliphatic heterocycles. The molecule has 1 aromatic heterocycles. The number of anilines is 2. The van der Waals surface area contributed by atoms with E-state index in [1.807, 2.05) is 42.5 Å². The van der Waals surface area contributed by atoms with Crippen molar-refractivity contribution in [3.8, 4) is 5.88 Å².